The second-order valence-electron chi connectivity index (χ2n) is 6.74. The third kappa shape index (κ3) is 4.02. The van der Waals surface area contributed by atoms with E-state index in [1.165, 1.54) is 0 Å². The molecular formula is C20H25NO4S. The molecule has 1 aliphatic heterocycles. The number of nitrogens with one attached hydrogen (secondary N) is 1. The Balaban J connectivity index is 1.88. The Labute approximate surface area is 155 Å². The van der Waals surface area contributed by atoms with E-state index in [0.29, 0.717) is 24.7 Å². The lowest BCUT2D eigenvalue weighted by Crippen LogP contribution is -2.32. The van der Waals surface area contributed by atoms with Crippen LogP contribution in [0.4, 0.5) is 0 Å². The van der Waals surface area contributed by atoms with Crippen molar-refractivity contribution in [1.29, 1.82) is 0 Å². The standard InChI is InChI=1S/C20H25NO4S/c1-4-15-5-8-17(9-6-15)26(22,23)21-20(14(2)3)16-7-10-18-19(13-16)25-12-11-24-18/h5-10,13-14,20-21H,4,11-12H2,1-3H3/t20-/m1/s1. The van der Waals surface area contributed by atoms with Crippen LogP contribution in [0, 0.1) is 5.92 Å². The zero-order chi connectivity index (χ0) is 18.7. The van der Waals surface area contributed by atoms with Gasteiger partial charge in [0.25, 0.3) is 0 Å². The monoisotopic (exact) mass is 375 g/mol. The second kappa shape index (κ2) is 7.68. The fourth-order valence-corrected chi connectivity index (χ4v) is 4.35. The van der Waals surface area contributed by atoms with E-state index in [-0.39, 0.29) is 16.9 Å². The molecule has 0 saturated heterocycles. The maximum Gasteiger partial charge on any atom is 0.241 e. The summed E-state index contributed by atoms with van der Waals surface area (Å²) in [6, 6.07) is 12.2. The molecule has 6 heteroatoms. The van der Waals surface area contributed by atoms with E-state index in [2.05, 4.69) is 4.72 Å². The van der Waals surface area contributed by atoms with Crippen LogP contribution in [0.15, 0.2) is 47.4 Å². The van der Waals surface area contributed by atoms with Gasteiger partial charge in [-0.2, -0.15) is 0 Å². The summed E-state index contributed by atoms with van der Waals surface area (Å²) in [7, 11) is -3.62. The van der Waals surface area contributed by atoms with Crippen LogP contribution in [-0.4, -0.2) is 21.6 Å². The molecule has 1 atom stereocenters. The van der Waals surface area contributed by atoms with E-state index >= 15 is 0 Å². The average Bonchev–Trinajstić information content (AvgIpc) is 2.65. The molecule has 1 heterocycles. The summed E-state index contributed by atoms with van der Waals surface area (Å²) in [4.78, 5) is 0.276. The molecule has 5 nitrogen and oxygen atoms in total. The molecule has 0 bridgehead atoms. The van der Waals surface area contributed by atoms with Crippen molar-refractivity contribution in [2.24, 2.45) is 5.92 Å². The van der Waals surface area contributed by atoms with Gasteiger partial charge in [0.2, 0.25) is 10.0 Å². The molecule has 2 aromatic carbocycles. The third-order valence-electron chi connectivity index (χ3n) is 4.52. The average molecular weight is 375 g/mol. The van der Waals surface area contributed by atoms with Gasteiger partial charge in [0, 0.05) is 6.04 Å². The molecule has 1 aliphatic rings. The molecule has 0 aromatic heterocycles. The van der Waals surface area contributed by atoms with Crippen molar-refractivity contribution >= 4 is 10.0 Å². The van der Waals surface area contributed by atoms with E-state index < -0.39 is 10.0 Å². The Morgan fingerprint density at radius 2 is 1.65 bits per heavy atom. The molecule has 3 rings (SSSR count). The van der Waals surface area contributed by atoms with Crippen molar-refractivity contribution in [3.05, 3.63) is 53.6 Å². The Kier molecular flexibility index (Phi) is 5.53. The van der Waals surface area contributed by atoms with Crippen LogP contribution in [0.1, 0.15) is 37.9 Å². The third-order valence-corrected chi connectivity index (χ3v) is 5.97. The van der Waals surface area contributed by atoms with Gasteiger partial charge in [-0.15, -0.1) is 0 Å². The summed E-state index contributed by atoms with van der Waals surface area (Å²) in [5.41, 5.74) is 1.97. The maximum absolute atomic E-state index is 12.8. The van der Waals surface area contributed by atoms with Crippen LogP contribution < -0.4 is 14.2 Å². The number of hydrogen-bond acceptors (Lipinski definition) is 4. The fraction of sp³-hybridized carbons (Fsp3) is 0.400. The first-order valence-corrected chi connectivity index (χ1v) is 10.4. The highest BCUT2D eigenvalue weighted by atomic mass is 32.2. The predicted molar refractivity (Wildman–Crippen MR) is 101 cm³/mol. The maximum atomic E-state index is 12.8. The van der Waals surface area contributed by atoms with Crippen LogP contribution >= 0.6 is 0 Å². The topological polar surface area (TPSA) is 64.6 Å². The van der Waals surface area contributed by atoms with Gasteiger partial charge >= 0.3 is 0 Å². The van der Waals surface area contributed by atoms with Crippen molar-refractivity contribution in [2.75, 3.05) is 13.2 Å². The van der Waals surface area contributed by atoms with Crippen LogP contribution in [0.3, 0.4) is 0 Å². The lowest BCUT2D eigenvalue weighted by molar-refractivity contribution is 0.171. The number of fused-ring (bicyclic) bond motifs is 1. The molecule has 2 aromatic rings. The van der Waals surface area contributed by atoms with Crippen molar-refractivity contribution in [3.63, 3.8) is 0 Å². The van der Waals surface area contributed by atoms with E-state index in [0.717, 1.165) is 17.5 Å². The first kappa shape index (κ1) is 18.7. The number of rotatable bonds is 6. The quantitative estimate of drug-likeness (QED) is 0.836. The molecule has 0 spiro atoms. The smallest absolute Gasteiger partial charge is 0.241 e. The van der Waals surface area contributed by atoms with Crippen LogP contribution in [0.5, 0.6) is 11.5 Å². The first-order valence-electron chi connectivity index (χ1n) is 8.91. The van der Waals surface area contributed by atoms with E-state index in [9.17, 15) is 8.42 Å². The molecule has 26 heavy (non-hydrogen) atoms. The second-order valence-corrected chi connectivity index (χ2v) is 8.46. The predicted octanol–water partition coefficient (Wildman–Crippen LogP) is 3.70. The lowest BCUT2D eigenvalue weighted by atomic mass is 9.97. The SMILES string of the molecule is CCc1ccc(S(=O)(=O)N[C@@H](c2ccc3c(c2)OCCO3)C(C)C)cc1. The summed E-state index contributed by atoms with van der Waals surface area (Å²) in [5, 5.41) is 0. The summed E-state index contributed by atoms with van der Waals surface area (Å²) < 4.78 is 39.7. The van der Waals surface area contributed by atoms with Crippen LogP contribution in [0.2, 0.25) is 0 Å². The zero-order valence-corrected chi connectivity index (χ0v) is 16.2. The van der Waals surface area contributed by atoms with Crippen molar-refractivity contribution in [3.8, 4) is 11.5 Å². The highest BCUT2D eigenvalue weighted by Crippen LogP contribution is 2.35. The van der Waals surface area contributed by atoms with E-state index in [4.69, 9.17) is 9.47 Å². The molecule has 0 aliphatic carbocycles. The molecule has 0 saturated carbocycles. The molecule has 1 N–H and O–H groups in total. The number of ether oxygens (including phenoxy) is 2. The summed E-state index contributed by atoms with van der Waals surface area (Å²) in [6.45, 7) is 7.05. The number of sulfonamides is 1. The van der Waals surface area contributed by atoms with Crippen LogP contribution in [0.25, 0.3) is 0 Å². The number of aryl methyl sites for hydroxylation is 1. The van der Waals surface area contributed by atoms with Gasteiger partial charge in [0.05, 0.1) is 4.90 Å². The minimum atomic E-state index is -3.62. The highest BCUT2D eigenvalue weighted by molar-refractivity contribution is 7.89. The number of hydrogen-bond donors (Lipinski definition) is 1. The molecular weight excluding hydrogens is 350 g/mol. The summed E-state index contributed by atoms with van der Waals surface area (Å²) in [5.74, 6) is 1.42. The van der Waals surface area contributed by atoms with Gasteiger partial charge in [0.1, 0.15) is 13.2 Å². The normalized spacial score (nSPS) is 15.1. The largest absolute Gasteiger partial charge is 0.486 e. The van der Waals surface area contributed by atoms with Crippen molar-refractivity contribution in [2.45, 2.75) is 38.1 Å². The molecule has 140 valence electrons. The highest BCUT2D eigenvalue weighted by Gasteiger charge is 2.25. The van der Waals surface area contributed by atoms with Gasteiger partial charge in [-0.25, -0.2) is 13.1 Å². The van der Waals surface area contributed by atoms with Crippen LogP contribution in [-0.2, 0) is 16.4 Å². The molecule has 0 fully saturated rings. The molecule has 0 unspecified atom stereocenters. The van der Waals surface area contributed by atoms with E-state index in [1.54, 1.807) is 12.1 Å². The van der Waals surface area contributed by atoms with Crippen molar-refractivity contribution in [1.82, 2.24) is 4.72 Å². The Morgan fingerprint density at radius 1 is 1.00 bits per heavy atom. The van der Waals surface area contributed by atoms with Gasteiger partial charge in [-0.3, -0.25) is 0 Å². The minimum absolute atomic E-state index is 0.0715. The van der Waals surface area contributed by atoms with E-state index in [1.807, 2.05) is 51.1 Å². The van der Waals surface area contributed by atoms with Gasteiger partial charge < -0.3 is 9.47 Å². The lowest BCUT2D eigenvalue weighted by Gasteiger charge is -2.25. The summed E-state index contributed by atoms with van der Waals surface area (Å²) >= 11 is 0. The fourth-order valence-electron chi connectivity index (χ4n) is 2.98. The van der Waals surface area contributed by atoms with Crippen molar-refractivity contribution < 1.29 is 17.9 Å². The first-order chi connectivity index (χ1) is 12.4. The summed E-state index contributed by atoms with van der Waals surface area (Å²) in [6.07, 6.45) is 0.875. The molecule has 0 radical (unpaired) electrons. The Bertz CT molecular complexity index is 860. The Morgan fingerprint density at radius 3 is 2.27 bits per heavy atom. The van der Waals surface area contributed by atoms with Gasteiger partial charge in [-0.1, -0.05) is 39.0 Å². The van der Waals surface area contributed by atoms with Gasteiger partial charge in [0.15, 0.2) is 11.5 Å². The zero-order valence-electron chi connectivity index (χ0n) is 15.4. The Hall–Kier alpha value is -2.05. The minimum Gasteiger partial charge on any atom is -0.486 e. The van der Waals surface area contributed by atoms with Gasteiger partial charge in [-0.05, 0) is 47.7 Å². The molecule has 0 amide bonds. The number of benzene rings is 2.